The van der Waals surface area contributed by atoms with Gasteiger partial charge >= 0.3 is 0 Å². The van der Waals surface area contributed by atoms with Crippen molar-refractivity contribution in [3.8, 4) is 0 Å². The highest BCUT2D eigenvalue weighted by Gasteiger charge is 2.32. The summed E-state index contributed by atoms with van der Waals surface area (Å²) in [5, 5.41) is 2.98. The van der Waals surface area contributed by atoms with Gasteiger partial charge < -0.3 is 5.32 Å². The Bertz CT molecular complexity index is 658. The number of hydrogen-bond donors (Lipinski definition) is 1. The molecule has 2 aromatic rings. The SMILES string of the molecule is O=C(NC1c2ccccc2CC1Cl)c1ccccc1I. The van der Waals surface area contributed by atoms with E-state index in [9.17, 15) is 4.79 Å². The number of carbonyl (C=O) groups is 1. The number of alkyl halides is 1. The third kappa shape index (κ3) is 2.56. The van der Waals surface area contributed by atoms with Gasteiger partial charge in [0.15, 0.2) is 0 Å². The van der Waals surface area contributed by atoms with Gasteiger partial charge in [-0.05, 0) is 52.3 Å². The lowest BCUT2D eigenvalue weighted by atomic mass is 10.1. The minimum atomic E-state index is -0.114. The van der Waals surface area contributed by atoms with Crippen LogP contribution < -0.4 is 5.32 Å². The smallest absolute Gasteiger partial charge is 0.252 e. The number of rotatable bonds is 2. The van der Waals surface area contributed by atoms with Crippen LogP contribution in [0.1, 0.15) is 27.5 Å². The van der Waals surface area contributed by atoms with Crippen molar-refractivity contribution in [2.24, 2.45) is 0 Å². The summed E-state index contributed by atoms with van der Waals surface area (Å²) in [7, 11) is 0. The monoisotopic (exact) mass is 397 g/mol. The fourth-order valence-corrected chi connectivity index (χ4v) is 3.58. The Labute approximate surface area is 136 Å². The lowest BCUT2D eigenvalue weighted by molar-refractivity contribution is 0.0936. The van der Waals surface area contributed by atoms with Crippen molar-refractivity contribution < 1.29 is 4.79 Å². The summed E-state index contributed by atoms with van der Waals surface area (Å²) in [4.78, 5) is 12.4. The molecule has 2 unspecified atom stereocenters. The van der Waals surface area contributed by atoms with Gasteiger partial charge in [-0.1, -0.05) is 36.4 Å². The molecule has 102 valence electrons. The molecule has 3 rings (SSSR count). The molecule has 0 aromatic heterocycles. The second-order valence-corrected chi connectivity index (χ2v) is 6.57. The highest BCUT2D eigenvalue weighted by molar-refractivity contribution is 14.1. The predicted molar refractivity (Wildman–Crippen MR) is 89.2 cm³/mol. The van der Waals surface area contributed by atoms with E-state index < -0.39 is 0 Å². The summed E-state index contributed by atoms with van der Waals surface area (Å²) in [6, 6.07) is 15.5. The molecule has 0 heterocycles. The molecule has 0 spiro atoms. The summed E-state index contributed by atoms with van der Waals surface area (Å²) in [5.74, 6) is -0.0673. The number of nitrogens with one attached hydrogen (secondary N) is 1. The highest BCUT2D eigenvalue weighted by Crippen LogP contribution is 2.34. The Morgan fingerprint density at radius 1 is 1.15 bits per heavy atom. The molecule has 4 heteroatoms. The van der Waals surface area contributed by atoms with Crippen molar-refractivity contribution in [1.82, 2.24) is 5.32 Å². The average molecular weight is 398 g/mol. The Balaban J connectivity index is 1.85. The van der Waals surface area contributed by atoms with Crippen molar-refractivity contribution in [2.75, 3.05) is 0 Å². The zero-order valence-electron chi connectivity index (χ0n) is 10.6. The van der Waals surface area contributed by atoms with Crippen molar-refractivity contribution >= 4 is 40.1 Å². The van der Waals surface area contributed by atoms with Crippen LogP contribution in [0.15, 0.2) is 48.5 Å². The molecule has 0 radical (unpaired) electrons. The van der Waals surface area contributed by atoms with Crippen LogP contribution in [0.4, 0.5) is 0 Å². The summed E-state index contributed by atoms with van der Waals surface area (Å²) < 4.78 is 0.944. The van der Waals surface area contributed by atoms with E-state index in [1.54, 1.807) is 0 Å². The minimum Gasteiger partial charge on any atom is -0.344 e. The summed E-state index contributed by atoms with van der Waals surface area (Å²) in [5.41, 5.74) is 3.05. The quantitative estimate of drug-likeness (QED) is 0.604. The Morgan fingerprint density at radius 2 is 1.85 bits per heavy atom. The highest BCUT2D eigenvalue weighted by atomic mass is 127. The van der Waals surface area contributed by atoms with Gasteiger partial charge in [0.1, 0.15) is 0 Å². The molecule has 1 aliphatic carbocycles. The molecule has 2 nitrogen and oxygen atoms in total. The second-order valence-electron chi connectivity index (χ2n) is 4.85. The van der Waals surface area contributed by atoms with Crippen LogP contribution in [0.3, 0.4) is 0 Å². The first-order valence-corrected chi connectivity index (χ1v) is 7.95. The van der Waals surface area contributed by atoms with E-state index in [4.69, 9.17) is 11.6 Å². The zero-order chi connectivity index (χ0) is 14.1. The summed E-state index contributed by atoms with van der Waals surface area (Å²) in [6.07, 6.45) is 0.800. The van der Waals surface area contributed by atoms with E-state index in [-0.39, 0.29) is 17.3 Å². The van der Waals surface area contributed by atoms with E-state index in [0.717, 1.165) is 15.6 Å². The third-order valence-electron chi connectivity index (χ3n) is 3.57. The molecular formula is C16H13ClINO. The molecule has 1 N–H and O–H groups in total. The summed E-state index contributed by atoms with van der Waals surface area (Å²) >= 11 is 8.57. The maximum absolute atomic E-state index is 12.4. The van der Waals surface area contributed by atoms with Crippen LogP contribution >= 0.6 is 34.2 Å². The molecular weight excluding hydrogens is 385 g/mol. The van der Waals surface area contributed by atoms with E-state index in [1.165, 1.54) is 5.56 Å². The molecule has 0 fully saturated rings. The number of amides is 1. The minimum absolute atomic E-state index is 0.0673. The topological polar surface area (TPSA) is 29.1 Å². The summed E-state index contributed by atoms with van der Waals surface area (Å²) in [6.45, 7) is 0. The lowest BCUT2D eigenvalue weighted by Gasteiger charge is -2.18. The number of hydrogen-bond acceptors (Lipinski definition) is 1. The molecule has 20 heavy (non-hydrogen) atoms. The predicted octanol–water partition coefficient (Wildman–Crippen LogP) is 3.93. The lowest BCUT2D eigenvalue weighted by Crippen LogP contribution is -2.32. The Morgan fingerprint density at radius 3 is 2.65 bits per heavy atom. The number of carbonyl (C=O) groups excluding carboxylic acids is 1. The molecule has 2 atom stereocenters. The van der Waals surface area contributed by atoms with Gasteiger partial charge in [-0.15, -0.1) is 11.6 Å². The Hall–Kier alpha value is -1.07. The van der Waals surface area contributed by atoms with Crippen molar-refractivity contribution in [3.05, 3.63) is 68.8 Å². The molecule has 1 amide bonds. The van der Waals surface area contributed by atoms with Gasteiger partial charge in [0, 0.05) is 3.57 Å². The van der Waals surface area contributed by atoms with Gasteiger partial charge in [-0.25, -0.2) is 0 Å². The normalized spacial score (nSPS) is 20.5. The maximum atomic E-state index is 12.4. The molecule has 2 aromatic carbocycles. The second kappa shape index (κ2) is 5.74. The van der Waals surface area contributed by atoms with Crippen LogP contribution in [0.2, 0.25) is 0 Å². The van der Waals surface area contributed by atoms with E-state index in [1.807, 2.05) is 42.5 Å². The average Bonchev–Trinajstić information content (AvgIpc) is 2.76. The molecule has 0 aliphatic heterocycles. The molecule has 0 saturated heterocycles. The first-order valence-electron chi connectivity index (χ1n) is 6.44. The van der Waals surface area contributed by atoms with E-state index in [2.05, 4.69) is 34.0 Å². The van der Waals surface area contributed by atoms with E-state index >= 15 is 0 Å². The Kier molecular flexibility index (Phi) is 3.98. The van der Waals surface area contributed by atoms with Gasteiger partial charge in [0.2, 0.25) is 0 Å². The largest absolute Gasteiger partial charge is 0.344 e. The van der Waals surface area contributed by atoms with Gasteiger partial charge in [-0.3, -0.25) is 4.79 Å². The van der Waals surface area contributed by atoms with Crippen LogP contribution in [0, 0.1) is 3.57 Å². The fourth-order valence-electron chi connectivity index (χ4n) is 2.58. The van der Waals surface area contributed by atoms with Crippen LogP contribution in [0.5, 0.6) is 0 Å². The third-order valence-corrected chi connectivity index (χ3v) is 4.92. The molecule has 0 saturated carbocycles. The van der Waals surface area contributed by atoms with Crippen LogP contribution in [0.25, 0.3) is 0 Å². The standard InChI is InChI=1S/C16H13ClINO/c17-13-9-10-5-1-2-6-11(10)15(13)19-16(20)12-7-3-4-8-14(12)18/h1-8,13,15H,9H2,(H,19,20). The van der Waals surface area contributed by atoms with Crippen LogP contribution in [-0.2, 0) is 6.42 Å². The zero-order valence-corrected chi connectivity index (χ0v) is 13.6. The fraction of sp³-hybridized carbons (Fsp3) is 0.188. The number of fused-ring (bicyclic) bond motifs is 1. The van der Waals surface area contributed by atoms with Crippen LogP contribution in [-0.4, -0.2) is 11.3 Å². The molecule has 1 aliphatic rings. The molecule has 0 bridgehead atoms. The van der Waals surface area contributed by atoms with Crippen molar-refractivity contribution in [1.29, 1.82) is 0 Å². The number of halogens is 2. The first kappa shape index (κ1) is 13.9. The van der Waals surface area contributed by atoms with E-state index in [0.29, 0.717) is 5.56 Å². The van der Waals surface area contributed by atoms with Crippen molar-refractivity contribution in [3.63, 3.8) is 0 Å². The maximum Gasteiger partial charge on any atom is 0.252 e. The van der Waals surface area contributed by atoms with Gasteiger partial charge in [0.05, 0.1) is 17.0 Å². The van der Waals surface area contributed by atoms with Gasteiger partial charge in [-0.2, -0.15) is 0 Å². The van der Waals surface area contributed by atoms with Crippen molar-refractivity contribution in [2.45, 2.75) is 17.8 Å². The van der Waals surface area contributed by atoms with Gasteiger partial charge in [0.25, 0.3) is 5.91 Å². The first-order chi connectivity index (χ1) is 9.66. The number of benzene rings is 2.